The average molecular weight is 807 g/mol. The van der Waals surface area contributed by atoms with Crippen LogP contribution in [0.15, 0.2) is 10.5 Å². The summed E-state index contributed by atoms with van der Waals surface area (Å²) in [5, 5.41) is 16.3. The maximum atomic E-state index is 15.7. The normalized spacial score (nSPS) is 19.5. The standard InChI is InChI=1S/C30H41BrFIN6O6/c1-29(2,3)44-21(40)12-17-11-16(9-10-38(17)28(41)45-30(4,5)6)34-25-19-13-20(33)22(31)23(32)24(19)35-27(26(25)39(42)43)37-14-18(15-37)36(7)8/h13,16-18H,9-12,14-15H2,1-8H3,(H,34,35)/t16-,17+/m1/s1. The van der Waals surface area contributed by atoms with Gasteiger partial charge in [-0.15, -0.1) is 0 Å². The Labute approximate surface area is 284 Å². The number of piperidine rings is 1. The number of ether oxygens (including phenoxy) is 2. The molecule has 1 aromatic carbocycles. The number of benzene rings is 1. The van der Waals surface area contributed by atoms with Crippen LogP contribution >= 0.6 is 38.5 Å². The fourth-order valence-electron chi connectivity index (χ4n) is 5.49. The third-order valence-electron chi connectivity index (χ3n) is 7.66. The molecule has 0 bridgehead atoms. The van der Waals surface area contributed by atoms with E-state index in [1.807, 2.05) is 41.6 Å². The summed E-state index contributed by atoms with van der Waals surface area (Å²) in [5.74, 6) is -0.987. The van der Waals surface area contributed by atoms with E-state index in [4.69, 9.17) is 9.47 Å². The molecule has 1 aromatic heterocycles. The summed E-state index contributed by atoms with van der Waals surface area (Å²) >= 11 is 5.27. The molecule has 15 heteroatoms. The van der Waals surface area contributed by atoms with Crippen molar-refractivity contribution in [3.05, 3.63) is 30.0 Å². The van der Waals surface area contributed by atoms with Gasteiger partial charge in [-0.1, -0.05) is 0 Å². The lowest BCUT2D eigenvalue weighted by Gasteiger charge is -2.43. The summed E-state index contributed by atoms with van der Waals surface area (Å²) in [4.78, 5) is 48.2. The van der Waals surface area contributed by atoms with Gasteiger partial charge in [0, 0.05) is 46.7 Å². The maximum Gasteiger partial charge on any atom is 0.410 e. The Balaban J connectivity index is 1.75. The number of anilines is 2. The van der Waals surface area contributed by atoms with Crippen molar-refractivity contribution in [3.63, 3.8) is 0 Å². The summed E-state index contributed by atoms with van der Waals surface area (Å²) in [6.45, 7) is 11.9. The van der Waals surface area contributed by atoms with E-state index in [9.17, 15) is 19.7 Å². The predicted octanol–water partition coefficient (Wildman–Crippen LogP) is 6.31. The molecule has 4 rings (SSSR count). The number of nitrogens with zero attached hydrogens (tertiary/aromatic N) is 5. The molecule has 0 radical (unpaired) electrons. The van der Waals surface area contributed by atoms with E-state index in [1.54, 1.807) is 52.5 Å². The van der Waals surface area contributed by atoms with Crippen molar-refractivity contribution in [2.75, 3.05) is 43.9 Å². The number of likely N-dealkylation sites (N-methyl/N-ethyl adjacent to an activating group) is 1. The first-order valence-corrected chi connectivity index (χ1v) is 16.7. The highest BCUT2D eigenvalue weighted by atomic mass is 127. The Morgan fingerprint density at radius 1 is 1.20 bits per heavy atom. The molecule has 0 aliphatic carbocycles. The lowest BCUT2D eigenvalue weighted by Crippen LogP contribution is -2.58. The molecular formula is C30H41BrFIN6O6. The Hall–Kier alpha value is -2.53. The largest absolute Gasteiger partial charge is 0.460 e. The maximum absolute atomic E-state index is 15.7. The molecule has 0 unspecified atom stereocenters. The third-order valence-corrected chi connectivity index (χ3v) is 10.0. The fourth-order valence-corrected chi connectivity index (χ4v) is 6.34. The smallest absolute Gasteiger partial charge is 0.410 e. The molecule has 248 valence electrons. The van der Waals surface area contributed by atoms with Gasteiger partial charge in [0.15, 0.2) is 5.82 Å². The van der Waals surface area contributed by atoms with Crippen LogP contribution in [0.4, 0.5) is 26.4 Å². The number of hydrogen-bond donors (Lipinski definition) is 1. The van der Waals surface area contributed by atoms with Crippen molar-refractivity contribution in [2.45, 2.75) is 90.1 Å². The Morgan fingerprint density at radius 2 is 1.82 bits per heavy atom. The van der Waals surface area contributed by atoms with E-state index in [2.05, 4.69) is 26.2 Å². The van der Waals surface area contributed by atoms with Crippen LogP contribution in [0.1, 0.15) is 60.8 Å². The van der Waals surface area contributed by atoms with Gasteiger partial charge in [-0.25, -0.2) is 14.2 Å². The molecule has 1 amide bonds. The first-order valence-electron chi connectivity index (χ1n) is 14.8. The molecule has 1 N–H and O–H groups in total. The van der Waals surface area contributed by atoms with Gasteiger partial charge in [0.05, 0.1) is 15.8 Å². The Morgan fingerprint density at radius 3 is 2.38 bits per heavy atom. The topological polar surface area (TPSA) is 130 Å². The van der Waals surface area contributed by atoms with Crippen molar-refractivity contribution < 1.29 is 28.4 Å². The SMILES string of the molecule is CN(C)C1CN(c2nc3c(F)c(Br)c(I)cc3c(N[C@@H]3CCN(C(=O)OC(C)(C)C)[C@H](CC(=O)OC(C)(C)C)C3)c2[N+](=O)[O-])C1. The lowest BCUT2D eigenvalue weighted by atomic mass is 9.94. The lowest BCUT2D eigenvalue weighted by molar-refractivity contribution is -0.383. The minimum atomic E-state index is -0.743. The first kappa shape index (κ1) is 35.3. The summed E-state index contributed by atoms with van der Waals surface area (Å²) in [6.07, 6.45) is 0.0465. The van der Waals surface area contributed by atoms with Crippen LogP contribution < -0.4 is 10.2 Å². The molecule has 0 saturated carbocycles. The zero-order chi connectivity index (χ0) is 33.6. The van der Waals surface area contributed by atoms with Gasteiger partial charge in [-0.05, 0) is 113 Å². The van der Waals surface area contributed by atoms with Crippen LogP contribution in [0.3, 0.4) is 0 Å². The number of pyridine rings is 1. The van der Waals surface area contributed by atoms with E-state index in [-0.39, 0.29) is 58.0 Å². The van der Waals surface area contributed by atoms with Gasteiger partial charge in [-0.3, -0.25) is 14.9 Å². The number of halogens is 3. The molecular weight excluding hydrogens is 766 g/mol. The van der Waals surface area contributed by atoms with E-state index < -0.39 is 46.1 Å². The molecule has 2 fully saturated rings. The summed E-state index contributed by atoms with van der Waals surface area (Å²) in [6, 6.07) is 0.845. The van der Waals surface area contributed by atoms with Crippen molar-refractivity contribution in [3.8, 4) is 0 Å². The van der Waals surface area contributed by atoms with Crippen molar-refractivity contribution in [1.29, 1.82) is 0 Å². The summed E-state index contributed by atoms with van der Waals surface area (Å²) in [7, 11) is 3.88. The first-order chi connectivity index (χ1) is 20.8. The van der Waals surface area contributed by atoms with Gasteiger partial charge in [0.1, 0.15) is 22.4 Å². The Kier molecular flexibility index (Phi) is 10.4. The van der Waals surface area contributed by atoms with Crippen LogP contribution in [0, 0.1) is 19.5 Å². The van der Waals surface area contributed by atoms with Crippen LogP contribution in [-0.4, -0.2) is 94.8 Å². The third kappa shape index (κ3) is 8.25. The van der Waals surface area contributed by atoms with E-state index in [1.165, 1.54) is 4.90 Å². The molecule has 2 atom stereocenters. The van der Waals surface area contributed by atoms with Crippen molar-refractivity contribution in [2.24, 2.45) is 0 Å². The number of nitro groups is 1. The van der Waals surface area contributed by atoms with Gasteiger partial charge >= 0.3 is 17.7 Å². The fraction of sp³-hybridized carbons (Fsp3) is 0.633. The number of fused-ring (bicyclic) bond motifs is 1. The van der Waals surface area contributed by atoms with E-state index >= 15 is 4.39 Å². The van der Waals surface area contributed by atoms with Crippen LogP contribution in [-0.2, 0) is 14.3 Å². The summed E-state index contributed by atoms with van der Waals surface area (Å²) in [5.41, 5.74) is -1.53. The number of carbonyl (C=O) groups excluding carboxylic acids is 2. The van der Waals surface area contributed by atoms with Crippen molar-refractivity contribution >= 4 is 78.7 Å². The molecule has 2 aliphatic rings. The number of nitrogens with one attached hydrogen (secondary N) is 1. The number of amides is 1. The van der Waals surface area contributed by atoms with E-state index in [0.29, 0.717) is 23.1 Å². The molecule has 0 spiro atoms. The molecule has 2 aliphatic heterocycles. The second-order valence-electron chi connectivity index (χ2n) is 13.8. The number of likely N-dealkylation sites (tertiary alicyclic amines) is 1. The molecule has 2 aromatic rings. The van der Waals surface area contributed by atoms with Crippen LogP contribution in [0.25, 0.3) is 10.9 Å². The van der Waals surface area contributed by atoms with Crippen LogP contribution in [0.5, 0.6) is 0 Å². The molecule has 2 saturated heterocycles. The van der Waals surface area contributed by atoms with Gasteiger partial charge in [-0.2, -0.15) is 0 Å². The van der Waals surface area contributed by atoms with Crippen LogP contribution in [0.2, 0.25) is 0 Å². The Bertz CT molecular complexity index is 1490. The van der Waals surface area contributed by atoms with Gasteiger partial charge in [0.2, 0.25) is 5.82 Å². The number of esters is 1. The zero-order valence-electron chi connectivity index (χ0n) is 26.9. The average Bonchev–Trinajstić information content (AvgIpc) is 2.84. The molecule has 3 heterocycles. The number of rotatable bonds is 7. The summed E-state index contributed by atoms with van der Waals surface area (Å²) < 4.78 is 27.6. The monoisotopic (exact) mass is 806 g/mol. The predicted molar refractivity (Wildman–Crippen MR) is 182 cm³/mol. The highest BCUT2D eigenvalue weighted by molar-refractivity contribution is 14.1. The van der Waals surface area contributed by atoms with Gasteiger partial charge in [0.25, 0.3) is 0 Å². The van der Waals surface area contributed by atoms with E-state index in [0.717, 1.165) is 0 Å². The van der Waals surface area contributed by atoms with Crippen molar-refractivity contribution in [1.82, 2.24) is 14.8 Å². The van der Waals surface area contributed by atoms with Gasteiger partial charge < -0.3 is 29.5 Å². The zero-order valence-corrected chi connectivity index (χ0v) is 30.6. The highest BCUT2D eigenvalue weighted by Crippen LogP contribution is 2.44. The number of aromatic nitrogens is 1. The number of hydrogen-bond acceptors (Lipinski definition) is 10. The second-order valence-corrected chi connectivity index (χ2v) is 15.8. The quantitative estimate of drug-likeness (QED) is 0.112. The number of carbonyl (C=O) groups is 2. The second kappa shape index (κ2) is 13.3. The highest BCUT2D eigenvalue weighted by Gasteiger charge is 2.40. The molecule has 12 nitrogen and oxygen atoms in total. The minimum absolute atomic E-state index is 0.00944. The molecule has 45 heavy (non-hydrogen) atoms. The minimum Gasteiger partial charge on any atom is -0.460 e.